The van der Waals surface area contributed by atoms with E-state index in [2.05, 4.69) is 14.7 Å². The van der Waals surface area contributed by atoms with E-state index in [-0.39, 0.29) is 5.75 Å². The number of aromatic nitrogens is 4. The average molecular weight is 384 g/mol. The number of methoxy groups -OCH3 is 1. The highest BCUT2D eigenvalue weighted by molar-refractivity contribution is 5.89. The molecule has 4 aromatic rings. The van der Waals surface area contributed by atoms with Crippen LogP contribution in [-0.2, 0) is 0 Å². The lowest BCUT2D eigenvalue weighted by Gasteiger charge is -2.14. The van der Waals surface area contributed by atoms with Crippen LogP contribution >= 0.6 is 0 Å². The van der Waals surface area contributed by atoms with E-state index in [1.165, 1.54) is 19.2 Å². The molecule has 144 valence electrons. The summed E-state index contributed by atoms with van der Waals surface area (Å²) in [6, 6.07) is 4.83. The van der Waals surface area contributed by atoms with Crippen molar-refractivity contribution in [1.82, 2.24) is 19.4 Å². The molecule has 0 amide bonds. The number of alkyl halides is 2. The van der Waals surface area contributed by atoms with Crippen molar-refractivity contribution in [3.8, 4) is 22.9 Å². The quantitative estimate of drug-likeness (QED) is 0.519. The van der Waals surface area contributed by atoms with Gasteiger partial charge in [0.1, 0.15) is 22.8 Å². The second kappa shape index (κ2) is 6.70. The molecule has 0 aliphatic carbocycles. The fourth-order valence-electron chi connectivity index (χ4n) is 3.46. The smallest absolute Gasteiger partial charge is 0.387 e. The third-order valence-electron chi connectivity index (χ3n) is 4.67. The van der Waals surface area contributed by atoms with Crippen LogP contribution in [0.4, 0.5) is 8.78 Å². The van der Waals surface area contributed by atoms with Crippen LogP contribution < -0.4 is 9.47 Å². The topological polar surface area (TPSA) is 61.5 Å². The number of benzene rings is 1. The van der Waals surface area contributed by atoms with E-state index < -0.39 is 6.61 Å². The molecule has 0 radical (unpaired) electrons. The molecule has 6 nitrogen and oxygen atoms in total. The lowest BCUT2D eigenvalue weighted by atomic mass is 10.1. The van der Waals surface area contributed by atoms with E-state index >= 15 is 0 Å². The van der Waals surface area contributed by atoms with Gasteiger partial charge in [0.05, 0.1) is 29.5 Å². The Morgan fingerprint density at radius 3 is 2.50 bits per heavy atom. The van der Waals surface area contributed by atoms with Crippen LogP contribution in [0.5, 0.6) is 11.5 Å². The fraction of sp³-hybridized carbons (Fsp3) is 0.250. The van der Waals surface area contributed by atoms with Crippen LogP contribution in [0.25, 0.3) is 27.9 Å². The molecule has 0 fully saturated rings. The second-order valence-corrected chi connectivity index (χ2v) is 6.46. The number of nitrogens with zero attached hydrogens (tertiary/aromatic N) is 4. The first-order valence-electron chi connectivity index (χ1n) is 8.64. The predicted molar refractivity (Wildman–Crippen MR) is 101 cm³/mol. The molecule has 0 saturated carbocycles. The van der Waals surface area contributed by atoms with Crippen molar-refractivity contribution >= 4 is 16.6 Å². The summed E-state index contributed by atoms with van der Waals surface area (Å²) in [5.74, 6) is 0.995. The van der Waals surface area contributed by atoms with Gasteiger partial charge < -0.3 is 9.47 Å². The number of pyridine rings is 1. The van der Waals surface area contributed by atoms with Gasteiger partial charge in [-0.25, -0.2) is 9.97 Å². The summed E-state index contributed by atoms with van der Waals surface area (Å²) >= 11 is 0. The number of rotatable bonds is 4. The first-order valence-corrected chi connectivity index (χ1v) is 8.64. The zero-order valence-corrected chi connectivity index (χ0v) is 15.8. The summed E-state index contributed by atoms with van der Waals surface area (Å²) in [7, 11) is 1.47. The van der Waals surface area contributed by atoms with Crippen molar-refractivity contribution in [2.75, 3.05) is 7.11 Å². The van der Waals surface area contributed by atoms with E-state index in [0.29, 0.717) is 22.6 Å². The molecule has 0 N–H and O–H groups in total. The van der Waals surface area contributed by atoms with Gasteiger partial charge in [0.15, 0.2) is 0 Å². The van der Waals surface area contributed by atoms with Gasteiger partial charge >= 0.3 is 6.61 Å². The minimum Gasteiger partial charge on any atom is -0.494 e. The van der Waals surface area contributed by atoms with Crippen molar-refractivity contribution in [3.05, 3.63) is 47.5 Å². The van der Waals surface area contributed by atoms with Gasteiger partial charge in [-0.2, -0.15) is 8.78 Å². The summed E-state index contributed by atoms with van der Waals surface area (Å²) in [6.07, 6.45) is 3.45. The maximum absolute atomic E-state index is 12.8. The van der Waals surface area contributed by atoms with Crippen LogP contribution in [0.2, 0.25) is 0 Å². The first-order chi connectivity index (χ1) is 13.4. The van der Waals surface area contributed by atoms with Gasteiger partial charge in [-0.05, 0) is 32.4 Å². The lowest BCUT2D eigenvalue weighted by molar-refractivity contribution is -0.0498. The van der Waals surface area contributed by atoms with E-state index in [1.54, 1.807) is 12.4 Å². The molecule has 3 heterocycles. The Bertz CT molecular complexity index is 1200. The molecule has 0 bridgehead atoms. The van der Waals surface area contributed by atoms with Gasteiger partial charge in [-0.3, -0.25) is 9.38 Å². The summed E-state index contributed by atoms with van der Waals surface area (Å²) in [5.41, 5.74) is 5.29. The van der Waals surface area contributed by atoms with E-state index in [0.717, 1.165) is 28.0 Å². The number of hydrogen-bond acceptors (Lipinski definition) is 5. The number of fused-ring (bicyclic) bond motifs is 3. The maximum atomic E-state index is 12.8. The molecule has 0 spiro atoms. The van der Waals surface area contributed by atoms with E-state index in [4.69, 9.17) is 9.72 Å². The lowest BCUT2D eigenvalue weighted by Crippen LogP contribution is -2.04. The number of halogens is 2. The van der Waals surface area contributed by atoms with Gasteiger partial charge in [0.25, 0.3) is 0 Å². The fourth-order valence-corrected chi connectivity index (χ4v) is 3.46. The zero-order valence-electron chi connectivity index (χ0n) is 15.8. The van der Waals surface area contributed by atoms with Crippen LogP contribution in [-0.4, -0.2) is 33.1 Å². The number of imidazole rings is 1. The predicted octanol–water partition coefficient (Wildman–Crippen LogP) is 4.48. The Kier molecular flexibility index (Phi) is 4.33. The molecule has 0 atom stereocenters. The summed E-state index contributed by atoms with van der Waals surface area (Å²) < 4.78 is 37.6. The third-order valence-corrected chi connectivity index (χ3v) is 4.67. The average Bonchev–Trinajstić information content (AvgIpc) is 3.00. The number of hydrogen-bond donors (Lipinski definition) is 0. The van der Waals surface area contributed by atoms with Crippen molar-refractivity contribution in [2.24, 2.45) is 0 Å². The van der Waals surface area contributed by atoms with Crippen LogP contribution in [0.3, 0.4) is 0 Å². The minimum atomic E-state index is -2.94. The van der Waals surface area contributed by atoms with Crippen LogP contribution in [0.1, 0.15) is 17.0 Å². The van der Waals surface area contributed by atoms with Crippen LogP contribution in [0.15, 0.2) is 30.6 Å². The van der Waals surface area contributed by atoms with Crippen molar-refractivity contribution in [1.29, 1.82) is 0 Å². The molecule has 8 heteroatoms. The third kappa shape index (κ3) is 2.81. The SMILES string of the molecule is COc1cc(OC(F)F)cc2c1nc(C)c1c(C)nc(-c3cnccc3C)n12. The Hall–Kier alpha value is -3.29. The van der Waals surface area contributed by atoms with Crippen molar-refractivity contribution < 1.29 is 18.3 Å². The Morgan fingerprint density at radius 2 is 1.82 bits per heavy atom. The molecule has 0 aliphatic rings. The molecular weight excluding hydrogens is 366 g/mol. The van der Waals surface area contributed by atoms with Gasteiger partial charge in [-0.15, -0.1) is 0 Å². The molecule has 3 aromatic heterocycles. The molecule has 0 saturated heterocycles. The summed E-state index contributed by atoms with van der Waals surface area (Å²) in [4.78, 5) is 13.6. The summed E-state index contributed by atoms with van der Waals surface area (Å²) in [6.45, 7) is 2.80. The van der Waals surface area contributed by atoms with E-state index in [1.807, 2.05) is 31.2 Å². The monoisotopic (exact) mass is 384 g/mol. The molecule has 4 rings (SSSR count). The first kappa shape index (κ1) is 18.1. The molecule has 1 aromatic carbocycles. The van der Waals surface area contributed by atoms with Gasteiger partial charge in [0, 0.05) is 30.1 Å². The molecule has 28 heavy (non-hydrogen) atoms. The van der Waals surface area contributed by atoms with Crippen molar-refractivity contribution in [3.63, 3.8) is 0 Å². The largest absolute Gasteiger partial charge is 0.494 e. The Labute approximate surface area is 159 Å². The minimum absolute atomic E-state index is 0.00786. The highest BCUT2D eigenvalue weighted by atomic mass is 19.3. The van der Waals surface area contributed by atoms with Gasteiger partial charge in [-0.1, -0.05) is 0 Å². The van der Waals surface area contributed by atoms with Gasteiger partial charge in [0.2, 0.25) is 0 Å². The number of aryl methyl sites for hydroxylation is 3. The maximum Gasteiger partial charge on any atom is 0.387 e. The Balaban J connectivity index is 2.17. The standard InChI is InChI=1S/C20H18F2N4O2/c1-10-5-6-23-9-14(10)19-25-12(3)18-11(2)24-17-15(26(18)19)7-13(28-20(21)22)8-16(17)27-4/h5-9,20H,1-4H3. The van der Waals surface area contributed by atoms with Crippen molar-refractivity contribution in [2.45, 2.75) is 27.4 Å². The Morgan fingerprint density at radius 1 is 1.07 bits per heavy atom. The molecule has 0 aliphatic heterocycles. The molecular formula is C20H18F2N4O2. The zero-order chi connectivity index (χ0) is 20.0. The summed E-state index contributed by atoms with van der Waals surface area (Å²) in [5, 5.41) is 0. The van der Waals surface area contributed by atoms with E-state index in [9.17, 15) is 8.78 Å². The highest BCUT2D eigenvalue weighted by Crippen LogP contribution is 2.35. The second-order valence-electron chi connectivity index (χ2n) is 6.46. The normalized spacial score (nSPS) is 11.5. The van der Waals surface area contributed by atoms with Crippen LogP contribution in [0, 0.1) is 20.8 Å². The number of ether oxygens (including phenoxy) is 2. The molecule has 0 unspecified atom stereocenters. The highest BCUT2D eigenvalue weighted by Gasteiger charge is 2.20.